The number of rotatable bonds is 4. The van der Waals surface area contributed by atoms with Crippen LogP contribution in [0.25, 0.3) is 0 Å². The van der Waals surface area contributed by atoms with E-state index in [2.05, 4.69) is 62.2 Å². The lowest BCUT2D eigenvalue weighted by Gasteiger charge is -2.18. The van der Waals surface area contributed by atoms with Crippen molar-refractivity contribution in [2.75, 3.05) is 0 Å². The van der Waals surface area contributed by atoms with Crippen LogP contribution in [0.1, 0.15) is 45.2 Å². The lowest BCUT2D eigenvalue weighted by Crippen LogP contribution is -2.10. The van der Waals surface area contributed by atoms with Crippen molar-refractivity contribution in [2.45, 2.75) is 46.0 Å². The van der Waals surface area contributed by atoms with Gasteiger partial charge < -0.3 is 0 Å². The summed E-state index contributed by atoms with van der Waals surface area (Å²) >= 11 is 0. The molecule has 2 aromatic rings. The summed E-state index contributed by atoms with van der Waals surface area (Å²) < 4.78 is 0. The molecular weight excluding hydrogens is 256 g/mol. The fourth-order valence-corrected chi connectivity index (χ4v) is 2.16. The average molecular weight is 280 g/mol. The van der Waals surface area contributed by atoms with Crippen LogP contribution >= 0.6 is 0 Å². The highest BCUT2D eigenvalue weighted by atomic mass is 15.1. The minimum Gasteiger partial charge on any atom is -0.151 e. The molecule has 0 saturated carbocycles. The maximum Gasteiger partial charge on any atom is 0.0857 e. The topological polar surface area (TPSA) is 24.7 Å². The number of aryl methyl sites for hydroxylation is 1. The second kappa shape index (κ2) is 6.66. The first-order chi connectivity index (χ1) is 9.99. The van der Waals surface area contributed by atoms with Crippen LogP contribution in [-0.4, -0.2) is 0 Å². The van der Waals surface area contributed by atoms with Gasteiger partial charge in [0.2, 0.25) is 0 Å². The second-order valence-corrected chi connectivity index (χ2v) is 6.41. The maximum atomic E-state index is 4.30. The lowest BCUT2D eigenvalue weighted by atomic mass is 9.87. The summed E-state index contributed by atoms with van der Waals surface area (Å²) in [5, 5.41) is 8.59. The van der Waals surface area contributed by atoms with Gasteiger partial charge in [0.15, 0.2) is 0 Å². The minimum atomic E-state index is 0.171. The van der Waals surface area contributed by atoms with Crippen molar-refractivity contribution in [3.8, 4) is 0 Å². The highest BCUT2D eigenvalue weighted by Crippen LogP contribution is 2.25. The molecule has 2 nitrogen and oxygen atoms in total. The number of nitrogens with zero attached hydrogens (tertiary/aromatic N) is 2. The molecule has 0 aliphatic carbocycles. The number of hydrogen-bond donors (Lipinski definition) is 0. The standard InChI is InChI=1S/C19H24N2/c1-5-6-15-7-11-17(12-8-15)20-21-18-13-9-16(10-14-18)19(2,3)4/h7-14H,5-6H2,1-4H3/b21-20+. The summed E-state index contributed by atoms with van der Waals surface area (Å²) in [5.74, 6) is 0. The Kier molecular flexibility index (Phi) is 4.89. The largest absolute Gasteiger partial charge is 0.151 e. The predicted octanol–water partition coefficient (Wildman–Crippen LogP) is 6.35. The van der Waals surface area contributed by atoms with E-state index in [0.717, 1.165) is 17.8 Å². The fourth-order valence-electron chi connectivity index (χ4n) is 2.16. The summed E-state index contributed by atoms with van der Waals surface area (Å²) in [6.45, 7) is 8.82. The first-order valence-electron chi connectivity index (χ1n) is 7.60. The van der Waals surface area contributed by atoms with Crippen LogP contribution < -0.4 is 0 Å². The van der Waals surface area contributed by atoms with E-state index in [1.54, 1.807) is 0 Å². The van der Waals surface area contributed by atoms with Crippen molar-refractivity contribution in [1.82, 2.24) is 0 Å². The van der Waals surface area contributed by atoms with E-state index in [1.165, 1.54) is 17.5 Å². The van der Waals surface area contributed by atoms with Gasteiger partial charge in [0.25, 0.3) is 0 Å². The normalized spacial score (nSPS) is 12.0. The van der Waals surface area contributed by atoms with Gasteiger partial charge in [0.1, 0.15) is 0 Å². The molecule has 0 amide bonds. The van der Waals surface area contributed by atoms with Gasteiger partial charge in [0.05, 0.1) is 11.4 Å². The zero-order valence-electron chi connectivity index (χ0n) is 13.4. The Balaban J connectivity index is 2.07. The van der Waals surface area contributed by atoms with E-state index in [-0.39, 0.29) is 5.41 Å². The molecule has 2 aromatic carbocycles. The Labute approximate surface area is 127 Å². The summed E-state index contributed by atoms with van der Waals surface area (Å²) in [6.07, 6.45) is 2.28. The van der Waals surface area contributed by atoms with Crippen LogP contribution in [0.4, 0.5) is 11.4 Å². The monoisotopic (exact) mass is 280 g/mol. The molecule has 0 aliphatic rings. The molecule has 0 spiro atoms. The molecule has 0 aliphatic heterocycles. The molecule has 0 N–H and O–H groups in total. The molecule has 0 atom stereocenters. The maximum absolute atomic E-state index is 4.30. The van der Waals surface area contributed by atoms with Gasteiger partial charge in [-0.15, -0.1) is 0 Å². The van der Waals surface area contributed by atoms with Crippen LogP contribution in [0.5, 0.6) is 0 Å². The molecule has 110 valence electrons. The minimum absolute atomic E-state index is 0.171. The molecule has 0 heterocycles. The molecule has 0 radical (unpaired) electrons. The first-order valence-corrected chi connectivity index (χ1v) is 7.60. The van der Waals surface area contributed by atoms with Gasteiger partial charge in [0, 0.05) is 0 Å². The van der Waals surface area contributed by atoms with Gasteiger partial charge in [-0.25, -0.2) is 0 Å². The molecule has 2 rings (SSSR count). The van der Waals surface area contributed by atoms with Crippen molar-refractivity contribution >= 4 is 11.4 Å². The Morgan fingerprint density at radius 3 is 1.67 bits per heavy atom. The van der Waals surface area contributed by atoms with Crippen LogP contribution in [0.2, 0.25) is 0 Å². The first kappa shape index (κ1) is 15.4. The van der Waals surface area contributed by atoms with Gasteiger partial charge in [-0.3, -0.25) is 0 Å². The molecule has 0 aromatic heterocycles. The highest BCUT2D eigenvalue weighted by molar-refractivity contribution is 5.43. The van der Waals surface area contributed by atoms with E-state index >= 15 is 0 Å². The zero-order chi connectivity index (χ0) is 15.3. The van der Waals surface area contributed by atoms with E-state index < -0.39 is 0 Å². The van der Waals surface area contributed by atoms with Crippen LogP contribution in [-0.2, 0) is 11.8 Å². The number of benzene rings is 2. The van der Waals surface area contributed by atoms with E-state index in [9.17, 15) is 0 Å². The molecule has 0 unspecified atom stereocenters. The molecule has 2 heteroatoms. The third kappa shape index (κ3) is 4.52. The Hall–Kier alpha value is -1.96. The third-order valence-corrected chi connectivity index (χ3v) is 3.49. The second-order valence-electron chi connectivity index (χ2n) is 6.41. The van der Waals surface area contributed by atoms with Crippen molar-refractivity contribution in [3.63, 3.8) is 0 Å². The predicted molar refractivity (Wildman–Crippen MR) is 89.8 cm³/mol. The van der Waals surface area contributed by atoms with Crippen molar-refractivity contribution < 1.29 is 0 Å². The van der Waals surface area contributed by atoms with E-state index in [0.29, 0.717) is 0 Å². The van der Waals surface area contributed by atoms with E-state index in [1.807, 2.05) is 24.3 Å². The van der Waals surface area contributed by atoms with Crippen molar-refractivity contribution in [2.24, 2.45) is 10.2 Å². The average Bonchev–Trinajstić information content (AvgIpc) is 2.46. The van der Waals surface area contributed by atoms with Crippen LogP contribution in [0, 0.1) is 0 Å². The molecule has 0 saturated heterocycles. The van der Waals surface area contributed by atoms with Crippen LogP contribution in [0.3, 0.4) is 0 Å². The Morgan fingerprint density at radius 1 is 0.762 bits per heavy atom. The lowest BCUT2D eigenvalue weighted by molar-refractivity contribution is 0.590. The van der Waals surface area contributed by atoms with Gasteiger partial charge in [-0.1, -0.05) is 58.4 Å². The fraction of sp³-hybridized carbons (Fsp3) is 0.368. The van der Waals surface area contributed by atoms with E-state index in [4.69, 9.17) is 0 Å². The molecule has 21 heavy (non-hydrogen) atoms. The van der Waals surface area contributed by atoms with Crippen LogP contribution in [0.15, 0.2) is 58.8 Å². The number of hydrogen-bond acceptors (Lipinski definition) is 2. The quantitative estimate of drug-likeness (QED) is 0.583. The molecule has 0 bridgehead atoms. The number of azo groups is 1. The highest BCUT2D eigenvalue weighted by Gasteiger charge is 2.12. The summed E-state index contributed by atoms with van der Waals surface area (Å²) in [5.41, 5.74) is 4.62. The van der Waals surface area contributed by atoms with Gasteiger partial charge in [-0.2, -0.15) is 10.2 Å². The Morgan fingerprint density at radius 2 is 1.24 bits per heavy atom. The molecule has 0 fully saturated rings. The smallest absolute Gasteiger partial charge is 0.0857 e. The Bertz CT molecular complexity index is 587. The van der Waals surface area contributed by atoms with Gasteiger partial charge in [-0.05, 0) is 47.2 Å². The summed E-state index contributed by atoms with van der Waals surface area (Å²) in [6, 6.07) is 16.6. The van der Waals surface area contributed by atoms with Gasteiger partial charge >= 0.3 is 0 Å². The summed E-state index contributed by atoms with van der Waals surface area (Å²) in [7, 11) is 0. The van der Waals surface area contributed by atoms with Crippen molar-refractivity contribution in [1.29, 1.82) is 0 Å². The van der Waals surface area contributed by atoms with Crippen molar-refractivity contribution in [3.05, 3.63) is 59.7 Å². The third-order valence-electron chi connectivity index (χ3n) is 3.49. The molecular formula is C19H24N2. The SMILES string of the molecule is CCCc1ccc(/N=N/c2ccc(C(C)(C)C)cc2)cc1. The summed E-state index contributed by atoms with van der Waals surface area (Å²) in [4.78, 5) is 0. The zero-order valence-corrected chi connectivity index (χ0v) is 13.4.